The van der Waals surface area contributed by atoms with E-state index in [1.807, 2.05) is 0 Å². The van der Waals surface area contributed by atoms with Gasteiger partial charge in [0.15, 0.2) is 0 Å². The summed E-state index contributed by atoms with van der Waals surface area (Å²) in [5.74, 6) is -0.411. The van der Waals surface area contributed by atoms with Crippen molar-refractivity contribution in [3.8, 4) is 0 Å². The molecule has 0 N–H and O–H groups in total. The zero-order chi connectivity index (χ0) is 14.3. The molecule has 9 nitrogen and oxygen atoms in total. The Labute approximate surface area is 110 Å². The molecule has 0 aromatic carbocycles. The molecule has 0 unspecified atom stereocenters. The number of rotatable bonds is 3. The van der Waals surface area contributed by atoms with E-state index in [0.717, 1.165) is 13.7 Å². The highest BCUT2D eigenvalue weighted by Gasteiger charge is 2.26. The Bertz CT molecular complexity index is 786. The minimum atomic E-state index is -0.712. The number of nitrogens with zero attached hydrogens (tertiary/aromatic N) is 5. The number of hydrogen-bond acceptors (Lipinski definition) is 5. The van der Waals surface area contributed by atoms with Gasteiger partial charge in [0.05, 0.1) is 7.05 Å². The maximum atomic E-state index is 12.2. The topological polar surface area (TPSA) is 105 Å². The van der Waals surface area contributed by atoms with Crippen LogP contribution < -0.4 is 11.2 Å². The molecule has 0 saturated carbocycles. The van der Waals surface area contributed by atoms with Crippen LogP contribution in [-0.2, 0) is 20.6 Å². The van der Waals surface area contributed by atoms with Crippen molar-refractivity contribution in [1.29, 1.82) is 0 Å². The zero-order valence-corrected chi connectivity index (χ0v) is 10.9. The third kappa shape index (κ3) is 1.82. The number of aryl methyl sites for hydroxylation is 2. The largest absolute Gasteiger partial charge is 0.437 e. The van der Waals surface area contributed by atoms with Gasteiger partial charge in [-0.2, -0.15) is 0 Å². The second kappa shape index (κ2) is 4.50. The SMILES string of the molecule is Cn1c([N+](=O)[O-])nc2c1c(=O)n(CCCl)c(=O)n2C. The maximum Gasteiger partial charge on any atom is 0.437 e. The molecule has 0 spiro atoms. The standard InChI is InChI=1S/C9H10ClN5O4/c1-12-5-6(11-8(12)15(18)19)13(2)9(17)14(4-3-10)7(5)16/h3-4H2,1-2H3. The summed E-state index contributed by atoms with van der Waals surface area (Å²) in [6.07, 6.45) is 0. The predicted molar refractivity (Wildman–Crippen MR) is 67.6 cm³/mol. The van der Waals surface area contributed by atoms with Crippen molar-refractivity contribution in [3.63, 3.8) is 0 Å². The van der Waals surface area contributed by atoms with Crippen LogP contribution in [0.25, 0.3) is 11.2 Å². The van der Waals surface area contributed by atoms with Crippen LogP contribution in [0.1, 0.15) is 0 Å². The van der Waals surface area contributed by atoms with Gasteiger partial charge in [0.25, 0.3) is 11.2 Å². The average Bonchev–Trinajstić information content (AvgIpc) is 2.70. The molecule has 2 heterocycles. The molecule has 102 valence electrons. The van der Waals surface area contributed by atoms with Gasteiger partial charge in [-0.3, -0.25) is 13.9 Å². The number of halogens is 1. The second-order valence-corrected chi connectivity index (χ2v) is 4.27. The minimum absolute atomic E-state index is 0.00100. The van der Waals surface area contributed by atoms with Gasteiger partial charge >= 0.3 is 11.6 Å². The van der Waals surface area contributed by atoms with Crippen molar-refractivity contribution in [2.24, 2.45) is 14.1 Å². The molecule has 2 rings (SSSR count). The Kier molecular flexibility index (Phi) is 3.14. The van der Waals surface area contributed by atoms with E-state index in [1.54, 1.807) is 0 Å². The fraction of sp³-hybridized carbons (Fsp3) is 0.444. The second-order valence-electron chi connectivity index (χ2n) is 3.89. The van der Waals surface area contributed by atoms with E-state index in [0.29, 0.717) is 0 Å². The first-order valence-electron chi connectivity index (χ1n) is 5.26. The van der Waals surface area contributed by atoms with Gasteiger partial charge < -0.3 is 10.1 Å². The monoisotopic (exact) mass is 287 g/mol. The summed E-state index contributed by atoms with van der Waals surface area (Å²) in [6, 6.07) is 0. The molecule has 10 heteroatoms. The number of imidazole rings is 1. The molecular formula is C9H10ClN5O4. The smallest absolute Gasteiger partial charge is 0.390 e. The molecule has 2 aromatic rings. The lowest BCUT2D eigenvalue weighted by atomic mass is 10.5. The average molecular weight is 288 g/mol. The molecule has 19 heavy (non-hydrogen) atoms. The summed E-state index contributed by atoms with van der Waals surface area (Å²) < 4.78 is 3.08. The summed E-state index contributed by atoms with van der Waals surface area (Å²) in [4.78, 5) is 37.9. The number of aromatic nitrogens is 4. The van der Waals surface area contributed by atoms with E-state index in [4.69, 9.17) is 11.6 Å². The van der Waals surface area contributed by atoms with Crippen molar-refractivity contribution in [2.45, 2.75) is 6.54 Å². The van der Waals surface area contributed by atoms with Gasteiger partial charge in [0.1, 0.15) is 0 Å². The number of hydrogen-bond donors (Lipinski definition) is 0. The van der Waals surface area contributed by atoms with Crippen LogP contribution in [0.15, 0.2) is 9.59 Å². The first kappa shape index (κ1) is 13.3. The molecule has 0 aliphatic carbocycles. The van der Waals surface area contributed by atoms with E-state index in [9.17, 15) is 19.7 Å². The molecule has 0 fully saturated rings. The van der Waals surface area contributed by atoms with Crippen molar-refractivity contribution in [2.75, 3.05) is 5.88 Å². The van der Waals surface area contributed by atoms with Crippen LogP contribution in [0.5, 0.6) is 0 Å². The van der Waals surface area contributed by atoms with E-state index in [-0.39, 0.29) is 23.6 Å². The van der Waals surface area contributed by atoms with Crippen molar-refractivity contribution in [3.05, 3.63) is 31.0 Å². The van der Waals surface area contributed by atoms with E-state index in [2.05, 4.69) is 4.98 Å². The normalized spacial score (nSPS) is 11.1. The van der Waals surface area contributed by atoms with Gasteiger partial charge in [-0.15, -0.1) is 11.6 Å². The van der Waals surface area contributed by atoms with Gasteiger partial charge in [-0.1, -0.05) is 0 Å². The molecule has 0 saturated heterocycles. The van der Waals surface area contributed by atoms with Crippen LogP contribution in [0.3, 0.4) is 0 Å². The summed E-state index contributed by atoms with van der Waals surface area (Å²) in [5, 5.41) is 10.8. The van der Waals surface area contributed by atoms with Gasteiger partial charge in [0.2, 0.25) is 5.52 Å². The third-order valence-electron chi connectivity index (χ3n) is 2.81. The van der Waals surface area contributed by atoms with Crippen LogP contribution in [-0.4, -0.2) is 29.5 Å². The van der Waals surface area contributed by atoms with Crippen LogP contribution in [0.4, 0.5) is 5.95 Å². The summed E-state index contributed by atoms with van der Waals surface area (Å²) in [5.41, 5.74) is -1.26. The van der Waals surface area contributed by atoms with Crippen LogP contribution in [0.2, 0.25) is 0 Å². The highest BCUT2D eigenvalue weighted by Crippen LogP contribution is 2.14. The number of fused-ring (bicyclic) bond motifs is 1. The molecule has 0 radical (unpaired) electrons. The Morgan fingerprint density at radius 2 is 1.95 bits per heavy atom. The number of nitro groups is 1. The molecule has 2 aromatic heterocycles. The van der Waals surface area contributed by atoms with Crippen LogP contribution in [0, 0.1) is 10.1 Å². The lowest BCUT2D eigenvalue weighted by Gasteiger charge is -2.04. The van der Waals surface area contributed by atoms with Gasteiger partial charge in [-0.05, 0) is 9.91 Å². The van der Waals surface area contributed by atoms with E-state index < -0.39 is 22.1 Å². The lowest BCUT2D eigenvalue weighted by molar-refractivity contribution is -0.396. The first-order valence-corrected chi connectivity index (χ1v) is 5.80. The Morgan fingerprint density at radius 1 is 1.32 bits per heavy atom. The molecular weight excluding hydrogens is 278 g/mol. The first-order chi connectivity index (χ1) is 8.90. The Balaban J connectivity index is 3.00. The molecule has 0 aliphatic rings. The molecule has 0 amide bonds. The highest BCUT2D eigenvalue weighted by atomic mass is 35.5. The third-order valence-corrected chi connectivity index (χ3v) is 2.98. The molecule has 0 aliphatic heterocycles. The predicted octanol–water partition coefficient (Wildman–Crippen LogP) is -0.419. The van der Waals surface area contributed by atoms with Crippen LogP contribution >= 0.6 is 11.6 Å². The Hall–Kier alpha value is -2.16. The summed E-state index contributed by atoms with van der Waals surface area (Å²) >= 11 is 5.54. The Morgan fingerprint density at radius 3 is 2.47 bits per heavy atom. The van der Waals surface area contributed by atoms with Gasteiger partial charge in [-0.25, -0.2) is 9.36 Å². The maximum absolute atomic E-state index is 12.2. The zero-order valence-electron chi connectivity index (χ0n) is 10.2. The van der Waals surface area contributed by atoms with Crippen molar-refractivity contribution in [1.82, 2.24) is 18.7 Å². The molecule has 0 bridgehead atoms. The summed E-state index contributed by atoms with van der Waals surface area (Å²) in [7, 11) is 2.75. The summed E-state index contributed by atoms with van der Waals surface area (Å²) in [6.45, 7) is 0.0297. The van der Waals surface area contributed by atoms with Gasteiger partial charge in [0, 0.05) is 19.5 Å². The fourth-order valence-corrected chi connectivity index (χ4v) is 2.05. The number of alkyl halides is 1. The fourth-order valence-electron chi connectivity index (χ4n) is 1.88. The quantitative estimate of drug-likeness (QED) is 0.433. The van der Waals surface area contributed by atoms with Crippen molar-refractivity contribution < 1.29 is 4.92 Å². The van der Waals surface area contributed by atoms with E-state index >= 15 is 0 Å². The molecule has 0 atom stereocenters. The lowest BCUT2D eigenvalue weighted by Crippen LogP contribution is -2.39. The minimum Gasteiger partial charge on any atom is -0.390 e. The van der Waals surface area contributed by atoms with E-state index in [1.165, 1.54) is 14.1 Å². The van der Waals surface area contributed by atoms with Crippen molar-refractivity contribution >= 4 is 28.7 Å². The highest BCUT2D eigenvalue weighted by molar-refractivity contribution is 6.17.